The maximum absolute atomic E-state index is 12.6. The fourth-order valence-electron chi connectivity index (χ4n) is 2.84. The van der Waals surface area contributed by atoms with E-state index in [9.17, 15) is 23.3 Å². The van der Waals surface area contributed by atoms with Gasteiger partial charge in [0.25, 0.3) is 11.6 Å². The Labute approximate surface area is 172 Å². The number of hydrogen-bond donors (Lipinski definition) is 1. The number of halogens is 1. The predicted octanol–water partition coefficient (Wildman–Crippen LogP) is 2.20. The molecule has 1 amide bonds. The van der Waals surface area contributed by atoms with Crippen LogP contribution in [0.2, 0.25) is 5.02 Å². The topological polar surface area (TPSA) is 119 Å². The Hall–Kier alpha value is -2.53. The van der Waals surface area contributed by atoms with Crippen molar-refractivity contribution in [3.63, 3.8) is 0 Å². The molecule has 29 heavy (non-hydrogen) atoms. The van der Waals surface area contributed by atoms with Crippen molar-refractivity contribution in [3.05, 3.63) is 68.7 Å². The number of nitrogens with one attached hydrogen (secondary N) is 1. The molecule has 1 aliphatic rings. The van der Waals surface area contributed by atoms with Crippen LogP contribution in [-0.2, 0) is 21.3 Å². The molecule has 0 atom stereocenters. The number of hydrogen-bond acceptors (Lipinski definition) is 6. The molecule has 2 aromatic carbocycles. The first-order valence-corrected chi connectivity index (χ1v) is 10.5. The number of benzene rings is 2. The molecule has 0 bridgehead atoms. The van der Waals surface area contributed by atoms with Gasteiger partial charge in [-0.25, -0.2) is 8.42 Å². The van der Waals surface area contributed by atoms with Crippen LogP contribution in [0, 0.1) is 10.1 Å². The van der Waals surface area contributed by atoms with Gasteiger partial charge in [-0.15, -0.1) is 0 Å². The van der Waals surface area contributed by atoms with Crippen LogP contribution in [0.5, 0.6) is 0 Å². The van der Waals surface area contributed by atoms with Gasteiger partial charge in [0.1, 0.15) is 5.56 Å². The summed E-state index contributed by atoms with van der Waals surface area (Å²) in [5, 5.41) is 13.9. The minimum absolute atomic E-state index is 0.0799. The molecule has 1 heterocycles. The second-order valence-electron chi connectivity index (χ2n) is 6.26. The van der Waals surface area contributed by atoms with Crippen LogP contribution in [-0.4, -0.2) is 49.9 Å². The van der Waals surface area contributed by atoms with Gasteiger partial charge in [-0.3, -0.25) is 14.9 Å². The summed E-state index contributed by atoms with van der Waals surface area (Å²) >= 11 is 5.75. The van der Waals surface area contributed by atoms with Crippen LogP contribution >= 0.6 is 11.6 Å². The van der Waals surface area contributed by atoms with Crippen LogP contribution in [0.1, 0.15) is 15.9 Å². The fourth-order valence-corrected chi connectivity index (χ4v) is 4.42. The molecular weight excluding hydrogens is 422 g/mol. The first-order valence-electron chi connectivity index (χ1n) is 8.68. The van der Waals surface area contributed by atoms with Crippen LogP contribution in [0.3, 0.4) is 0 Å². The predicted molar refractivity (Wildman–Crippen MR) is 105 cm³/mol. The summed E-state index contributed by atoms with van der Waals surface area (Å²) in [7, 11) is -3.59. The van der Waals surface area contributed by atoms with Crippen molar-refractivity contribution < 1.29 is 22.9 Å². The van der Waals surface area contributed by atoms with E-state index >= 15 is 0 Å². The lowest BCUT2D eigenvalue weighted by Gasteiger charge is -2.26. The number of rotatable bonds is 6. The maximum atomic E-state index is 12.6. The average molecular weight is 440 g/mol. The molecule has 1 aliphatic heterocycles. The normalized spacial score (nSPS) is 15.1. The summed E-state index contributed by atoms with van der Waals surface area (Å²) in [6, 6.07) is 9.91. The van der Waals surface area contributed by atoms with Gasteiger partial charge in [0.05, 0.1) is 23.0 Å². The minimum atomic E-state index is -3.59. The van der Waals surface area contributed by atoms with Gasteiger partial charge in [-0.2, -0.15) is 4.31 Å². The summed E-state index contributed by atoms with van der Waals surface area (Å²) in [6.07, 6.45) is 0. The van der Waals surface area contributed by atoms with Crippen molar-refractivity contribution >= 4 is 33.2 Å². The Bertz CT molecular complexity index is 1020. The standard InChI is InChI=1S/C18H18ClN3O6S/c19-14-3-6-16(17(11-14)22(24)25)18(23)20-12-13-1-4-15(5-2-13)29(26,27)21-7-9-28-10-8-21/h1-6,11H,7-10,12H2,(H,20,23). The molecule has 0 saturated carbocycles. The smallest absolute Gasteiger partial charge is 0.283 e. The Morgan fingerprint density at radius 2 is 1.83 bits per heavy atom. The molecule has 154 valence electrons. The highest BCUT2D eigenvalue weighted by molar-refractivity contribution is 7.89. The monoisotopic (exact) mass is 439 g/mol. The number of nitro groups is 1. The Balaban J connectivity index is 1.68. The van der Waals surface area contributed by atoms with Crippen LogP contribution < -0.4 is 5.32 Å². The lowest BCUT2D eigenvalue weighted by molar-refractivity contribution is -0.385. The number of amides is 1. The molecule has 11 heteroatoms. The van der Waals surface area contributed by atoms with Crippen molar-refractivity contribution in [2.24, 2.45) is 0 Å². The van der Waals surface area contributed by atoms with Gasteiger partial charge in [0.2, 0.25) is 10.0 Å². The summed E-state index contributed by atoms with van der Waals surface area (Å²) in [5.74, 6) is -0.626. The van der Waals surface area contributed by atoms with E-state index in [0.717, 1.165) is 6.07 Å². The molecule has 1 fully saturated rings. The Morgan fingerprint density at radius 1 is 1.17 bits per heavy atom. The lowest BCUT2D eigenvalue weighted by Crippen LogP contribution is -2.40. The van der Waals surface area contributed by atoms with E-state index in [1.807, 2.05) is 0 Å². The number of sulfonamides is 1. The molecule has 0 aromatic heterocycles. The summed E-state index contributed by atoms with van der Waals surface area (Å²) in [4.78, 5) is 22.9. The highest BCUT2D eigenvalue weighted by Crippen LogP contribution is 2.23. The molecule has 0 radical (unpaired) electrons. The van der Waals surface area contributed by atoms with Gasteiger partial charge in [-0.05, 0) is 29.8 Å². The summed E-state index contributed by atoms with van der Waals surface area (Å²) in [6.45, 7) is 1.41. The molecule has 0 aliphatic carbocycles. The number of nitro benzene ring substituents is 1. The first-order chi connectivity index (χ1) is 13.8. The van der Waals surface area contributed by atoms with E-state index in [1.165, 1.54) is 28.6 Å². The molecule has 0 unspecified atom stereocenters. The molecular formula is C18H18ClN3O6S. The second-order valence-corrected chi connectivity index (χ2v) is 8.64. The zero-order valence-electron chi connectivity index (χ0n) is 15.2. The third-order valence-corrected chi connectivity index (χ3v) is 6.53. The van der Waals surface area contributed by atoms with Crippen LogP contribution in [0.25, 0.3) is 0 Å². The SMILES string of the molecule is O=C(NCc1ccc(S(=O)(=O)N2CCOCC2)cc1)c1ccc(Cl)cc1[N+](=O)[O-]. The number of carbonyl (C=O) groups is 1. The van der Waals surface area contributed by atoms with E-state index in [0.29, 0.717) is 31.9 Å². The van der Waals surface area contributed by atoms with Crippen molar-refractivity contribution in [2.75, 3.05) is 26.3 Å². The third kappa shape index (κ3) is 4.91. The molecule has 2 aromatic rings. The van der Waals surface area contributed by atoms with Gasteiger partial charge in [0.15, 0.2) is 0 Å². The first kappa shape index (κ1) is 21.2. The molecule has 0 spiro atoms. The number of morpholine rings is 1. The fraction of sp³-hybridized carbons (Fsp3) is 0.278. The average Bonchev–Trinajstić information content (AvgIpc) is 2.73. The number of nitrogens with zero attached hydrogens (tertiary/aromatic N) is 2. The van der Waals surface area contributed by atoms with Gasteiger partial charge in [-0.1, -0.05) is 23.7 Å². The molecule has 9 nitrogen and oxygen atoms in total. The summed E-state index contributed by atoms with van der Waals surface area (Å²) < 4.78 is 31.8. The highest BCUT2D eigenvalue weighted by atomic mass is 35.5. The Morgan fingerprint density at radius 3 is 2.45 bits per heavy atom. The minimum Gasteiger partial charge on any atom is -0.379 e. The molecule has 1 saturated heterocycles. The highest BCUT2D eigenvalue weighted by Gasteiger charge is 2.26. The molecule has 3 rings (SSSR count). The van der Waals surface area contributed by atoms with Crippen molar-refractivity contribution in [2.45, 2.75) is 11.4 Å². The van der Waals surface area contributed by atoms with E-state index in [1.54, 1.807) is 12.1 Å². The second kappa shape index (κ2) is 8.87. The lowest BCUT2D eigenvalue weighted by atomic mass is 10.1. The zero-order valence-corrected chi connectivity index (χ0v) is 16.8. The van der Waals surface area contributed by atoms with Crippen molar-refractivity contribution in [1.29, 1.82) is 0 Å². The van der Waals surface area contributed by atoms with E-state index in [4.69, 9.17) is 16.3 Å². The van der Waals surface area contributed by atoms with Crippen molar-refractivity contribution in [1.82, 2.24) is 9.62 Å². The number of carbonyl (C=O) groups excluding carboxylic acids is 1. The quantitative estimate of drug-likeness (QED) is 0.544. The van der Waals surface area contributed by atoms with E-state index < -0.39 is 20.9 Å². The largest absolute Gasteiger partial charge is 0.379 e. The molecule has 1 N–H and O–H groups in total. The van der Waals surface area contributed by atoms with E-state index in [-0.39, 0.29) is 27.7 Å². The van der Waals surface area contributed by atoms with Crippen molar-refractivity contribution in [3.8, 4) is 0 Å². The Kier molecular flexibility index (Phi) is 6.48. The summed E-state index contributed by atoms with van der Waals surface area (Å²) in [5.41, 5.74) is 0.156. The van der Waals surface area contributed by atoms with Gasteiger partial charge >= 0.3 is 0 Å². The van der Waals surface area contributed by atoms with Crippen LogP contribution in [0.15, 0.2) is 47.4 Å². The number of ether oxygens (including phenoxy) is 1. The third-order valence-electron chi connectivity index (χ3n) is 4.39. The maximum Gasteiger partial charge on any atom is 0.283 e. The van der Waals surface area contributed by atoms with Gasteiger partial charge in [0, 0.05) is 30.7 Å². The van der Waals surface area contributed by atoms with E-state index in [2.05, 4.69) is 5.32 Å². The zero-order chi connectivity index (χ0) is 21.0. The van der Waals surface area contributed by atoms with Crippen LogP contribution in [0.4, 0.5) is 5.69 Å². The van der Waals surface area contributed by atoms with Gasteiger partial charge < -0.3 is 10.1 Å².